The average Bonchev–Trinajstić information content (AvgIpc) is 3.09. The predicted octanol–water partition coefficient (Wildman–Crippen LogP) is 3.16. The first-order valence-corrected chi connectivity index (χ1v) is 9.43. The minimum absolute atomic E-state index is 0.00649. The maximum atomic E-state index is 11.6. The topological polar surface area (TPSA) is 113 Å². The standard InChI is InChI=1S/C15H17N2O7P/c1-22-9-14-13(24-25(2,20)21)8-15(23-14)16-6-5-10-7-11(17(18)19)3-4-12(10)16/h3-7,15H,8-9H2,1-2H3,(H,20,21)/t15-/m1/s1. The Morgan fingerprint density at radius 1 is 1.48 bits per heavy atom. The van der Waals surface area contributed by atoms with Gasteiger partial charge in [0.05, 0.1) is 16.9 Å². The Labute approximate surface area is 143 Å². The molecule has 3 rings (SSSR count). The van der Waals surface area contributed by atoms with Crippen molar-refractivity contribution < 1.29 is 28.4 Å². The molecule has 9 nitrogen and oxygen atoms in total. The van der Waals surface area contributed by atoms with E-state index < -0.39 is 18.7 Å². The molecule has 1 unspecified atom stereocenters. The predicted molar refractivity (Wildman–Crippen MR) is 89.1 cm³/mol. The third kappa shape index (κ3) is 3.68. The largest absolute Gasteiger partial charge is 0.468 e. The fourth-order valence-electron chi connectivity index (χ4n) is 2.75. The van der Waals surface area contributed by atoms with E-state index in [2.05, 4.69) is 0 Å². The summed E-state index contributed by atoms with van der Waals surface area (Å²) < 4.78 is 29.4. The molecule has 2 heterocycles. The molecule has 1 aromatic heterocycles. The number of aromatic nitrogens is 1. The van der Waals surface area contributed by atoms with Gasteiger partial charge in [0, 0.05) is 37.5 Å². The van der Waals surface area contributed by atoms with Gasteiger partial charge in [0.15, 0.2) is 17.7 Å². The first kappa shape index (κ1) is 17.5. The number of nitro groups is 1. The second-order valence-corrected chi connectivity index (χ2v) is 7.46. The minimum Gasteiger partial charge on any atom is -0.468 e. The van der Waals surface area contributed by atoms with Gasteiger partial charge in [-0.15, -0.1) is 0 Å². The lowest BCUT2D eigenvalue weighted by Gasteiger charge is -2.15. The van der Waals surface area contributed by atoms with Crippen molar-refractivity contribution in [1.29, 1.82) is 0 Å². The van der Waals surface area contributed by atoms with Gasteiger partial charge in [0.2, 0.25) is 0 Å². The Hall–Kier alpha value is -2.35. The molecule has 1 aliphatic heterocycles. The highest BCUT2D eigenvalue weighted by Gasteiger charge is 2.32. The molecule has 0 radical (unpaired) electrons. The van der Waals surface area contributed by atoms with Gasteiger partial charge in [-0.25, -0.2) is 4.57 Å². The number of benzene rings is 1. The van der Waals surface area contributed by atoms with Crippen molar-refractivity contribution in [2.45, 2.75) is 12.6 Å². The van der Waals surface area contributed by atoms with Crippen molar-refractivity contribution in [2.75, 3.05) is 20.4 Å². The van der Waals surface area contributed by atoms with E-state index in [1.54, 1.807) is 22.9 Å². The molecule has 0 fully saturated rings. The van der Waals surface area contributed by atoms with E-state index in [1.165, 1.54) is 19.2 Å². The van der Waals surface area contributed by atoms with Gasteiger partial charge in [0.25, 0.3) is 5.69 Å². The molecule has 134 valence electrons. The monoisotopic (exact) mass is 368 g/mol. The summed E-state index contributed by atoms with van der Waals surface area (Å²) in [5.74, 6) is 0.622. The highest BCUT2D eigenvalue weighted by molar-refractivity contribution is 7.52. The lowest BCUT2D eigenvalue weighted by Crippen LogP contribution is -2.08. The summed E-state index contributed by atoms with van der Waals surface area (Å²) >= 11 is 0. The van der Waals surface area contributed by atoms with Gasteiger partial charge in [-0.3, -0.25) is 10.1 Å². The number of fused-ring (bicyclic) bond motifs is 1. The Kier molecular flexibility index (Phi) is 4.55. The number of methoxy groups -OCH3 is 1. The SMILES string of the molecule is COCC1=C(OP(C)(=O)O)C[C@H](n2ccc3cc([N+](=O)[O-])ccc32)O1. The molecule has 0 spiro atoms. The zero-order valence-electron chi connectivity index (χ0n) is 13.6. The summed E-state index contributed by atoms with van der Waals surface area (Å²) in [6.07, 6.45) is 1.50. The normalized spacial score (nSPS) is 19.7. The summed E-state index contributed by atoms with van der Waals surface area (Å²) in [6.45, 7) is 1.21. The van der Waals surface area contributed by atoms with E-state index in [-0.39, 0.29) is 24.5 Å². The number of rotatable bonds is 6. The Morgan fingerprint density at radius 3 is 2.88 bits per heavy atom. The highest BCUT2D eigenvalue weighted by Crippen LogP contribution is 2.46. The summed E-state index contributed by atoms with van der Waals surface area (Å²) in [6, 6.07) is 6.29. The van der Waals surface area contributed by atoms with Gasteiger partial charge in [0.1, 0.15) is 6.61 Å². The molecule has 0 aliphatic carbocycles. The van der Waals surface area contributed by atoms with Crippen LogP contribution in [0.25, 0.3) is 10.9 Å². The molecule has 1 aliphatic rings. The van der Waals surface area contributed by atoms with Gasteiger partial charge >= 0.3 is 7.60 Å². The average molecular weight is 368 g/mol. The molecule has 0 bridgehead atoms. The van der Waals surface area contributed by atoms with Crippen molar-refractivity contribution in [3.05, 3.63) is 52.1 Å². The maximum absolute atomic E-state index is 11.6. The molecule has 0 saturated carbocycles. The van der Waals surface area contributed by atoms with Crippen molar-refractivity contribution in [3.63, 3.8) is 0 Å². The van der Waals surface area contributed by atoms with Gasteiger partial charge in [-0.05, 0) is 12.1 Å². The first-order valence-electron chi connectivity index (χ1n) is 7.41. The molecule has 1 N–H and O–H groups in total. The number of ether oxygens (including phenoxy) is 2. The van der Waals surface area contributed by atoms with E-state index in [1.807, 2.05) is 0 Å². The second-order valence-electron chi connectivity index (χ2n) is 5.67. The molecule has 0 amide bonds. The summed E-state index contributed by atoms with van der Waals surface area (Å²) in [5, 5.41) is 11.6. The van der Waals surface area contributed by atoms with Crippen LogP contribution in [0.2, 0.25) is 0 Å². The fraction of sp³-hybridized carbons (Fsp3) is 0.333. The molecule has 0 saturated heterocycles. The summed E-state index contributed by atoms with van der Waals surface area (Å²) in [5.41, 5.74) is 0.754. The van der Waals surface area contributed by atoms with E-state index >= 15 is 0 Å². The lowest BCUT2D eigenvalue weighted by atomic mass is 10.2. The van der Waals surface area contributed by atoms with Crippen LogP contribution >= 0.6 is 7.60 Å². The Morgan fingerprint density at radius 2 is 2.24 bits per heavy atom. The van der Waals surface area contributed by atoms with Crippen LogP contribution in [-0.4, -0.2) is 34.8 Å². The van der Waals surface area contributed by atoms with Crippen molar-refractivity contribution in [2.24, 2.45) is 0 Å². The second kappa shape index (κ2) is 6.51. The van der Waals surface area contributed by atoms with Crippen LogP contribution in [0.5, 0.6) is 0 Å². The van der Waals surface area contributed by atoms with Crippen LogP contribution in [-0.2, 0) is 18.6 Å². The van der Waals surface area contributed by atoms with Crippen molar-refractivity contribution in [1.82, 2.24) is 4.57 Å². The third-order valence-corrected chi connectivity index (χ3v) is 4.29. The minimum atomic E-state index is -3.72. The van der Waals surface area contributed by atoms with Gasteiger partial charge in [-0.2, -0.15) is 0 Å². The first-order chi connectivity index (χ1) is 11.8. The highest BCUT2D eigenvalue weighted by atomic mass is 31.2. The van der Waals surface area contributed by atoms with Crippen LogP contribution in [0.15, 0.2) is 42.0 Å². The van der Waals surface area contributed by atoms with Crippen molar-refractivity contribution in [3.8, 4) is 0 Å². The maximum Gasteiger partial charge on any atom is 0.373 e. The molecular formula is C15H17N2O7P. The molecule has 1 aromatic carbocycles. The van der Waals surface area contributed by atoms with Gasteiger partial charge in [-0.1, -0.05) is 0 Å². The zero-order valence-corrected chi connectivity index (χ0v) is 14.5. The van der Waals surface area contributed by atoms with E-state index in [4.69, 9.17) is 14.0 Å². The van der Waals surface area contributed by atoms with Crippen LogP contribution in [0.4, 0.5) is 5.69 Å². The third-order valence-electron chi connectivity index (χ3n) is 3.73. The van der Waals surface area contributed by atoms with E-state index in [0.29, 0.717) is 11.1 Å². The van der Waals surface area contributed by atoms with Gasteiger partial charge < -0.3 is 23.5 Å². The number of nitro benzene ring substituents is 1. The molecule has 2 atom stereocenters. The molecule has 2 aromatic rings. The van der Waals surface area contributed by atoms with Crippen LogP contribution in [0, 0.1) is 10.1 Å². The Bertz CT molecular complexity index is 898. The smallest absolute Gasteiger partial charge is 0.373 e. The number of hydrogen-bond donors (Lipinski definition) is 1. The fourth-order valence-corrected chi connectivity index (χ4v) is 3.34. The zero-order chi connectivity index (χ0) is 18.2. The molecule has 10 heteroatoms. The number of hydrogen-bond acceptors (Lipinski definition) is 6. The number of nitrogens with zero attached hydrogens (tertiary/aromatic N) is 2. The Balaban J connectivity index is 1.90. The summed E-state index contributed by atoms with van der Waals surface area (Å²) in [7, 11) is -2.24. The van der Waals surface area contributed by atoms with Crippen LogP contribution in [0.1, 0.15) is 12.6 Å². The number of non-ortho nitro benzene ring substituents is 1. The molecule has 25 heavy (non-hydrogen) atoms. The summed E-state index contributed by atoms with van der Waals surface area (Å²) in [4.78, 5) is 19.9. The van der Waals surface area contributed by atoms with Crippen LogP contribution in [0.3, 0.4) is 0 Å². The molecular weight excluding hydrogens is 351 g/mol. The van der Waals surface area contributed by atoms with Crippen LogP contribution < -0.4 is 0 Å². The van der Waals surface area contributed by atoms with Crippen molar-refractivity contribution >= 4 is 24.2 Å². The lowest BCUT2D eigenvalue weighted by molar-refractivity contribution is -0.384. The van der Waals surface area contributed by atoms with E-state index in [9.17, 15) is 19.6 Å². The quantitative estimate of drug-likeness (QED) is 0.473. The van der Waals surface area contributed by atoms with E-state index in [0.717, 1.165) is 12.2 Å².